The quantitative estimate of drug-likeness (QED) is 0.342. The molecule has 0 atom stereocenters. The predicted molar refractivity (Wildman–Crippen MR) is 121 cm³/mol. The summed E-state index contributed by atoms with van der Waals surface area (Å²) >= 11 is 0. The average molecular weight is 444 g/mol. The monoisotopic (exact) mass is 444 g/mol. The molecule has 0 radical (unpaired) electrons. The first kappa shape index (κ1) is 21.6. The van der Waals surface area contributed by atoms with Gasteiger partial charge < -0.3 is 10.1 Å². The van der Waals surface area contributed by atoms with Crippen LogP contribution in [0.3, 0.4) is 0 Å². The minimum Gasteiger partial charge on any atom is -0.439 e. The van der Waals surface area contributed by atoms with Gasteiger partial charge in [0.2, 0.25) is 5.88 Å². The van der Waals surface area contributed by atoms with Gasteiger partial charge >= 0.3 is 0 Å². The number of nitro benzene ring substituents is 1. The summed E-state index contributed by atoms with van der Waals surface area (Å²) in [7, 11) is 0. The van der Waals surface area contributed by atoms with E-state index < -0.39 is 10.8 Å². The molecule has 10 heteroatoms. The molecule has 33 heavy (non-hydrogen) atoms. The number of hydrogen-bond acceptors (Lipinski definition) is 7. The van der Waals surface area contributed by atoms with E-state index >= 15 is 0 Å². The van der Waals surface area contributed by atoms with Crippen LogP contribution in [-0.4, -0.2) is 30.3 Å². The number of amides is 1. The van der Waals surface area contributed by atoms with Gasteiger partial charge in [0, 0.05) is 23.5 Å². The number of para-hydroxylation sites is 1. The molecule has 0 spiro atoms. The van der Waals surface area contributed by atoms with E-state index in [1.807, 2.05) is 18.4 Å². The highest BCUT2D eigenvalue weighted by atomic mass is 16.6. The van der Waals surface area contributed by atoms with Gasteiger partial charge in [-0.3, -0.25) is 19.5 Å². The fourth-order valence-corrected chi connectivity index (χ4v) is 3.18. The van der Waals surface area contributed by atoms with E-state index in [4.69, 9.17) is 4.74 Å². The molecular formula is C23H20N6O4. The van der Waals surface area contributed by atoms with Gasteiger partial charge in [-0.2, -0.15) is 4.98 Å². The molecule has 2 aromatic carbocycles. The van der Waals surface area contributed by atoms with Crippen molar-refractivity contribution in [3.8, 4) is 17.4 Å². The molecule has 166 valence electrons. The lowest BCUT2D eigenvalue weighted by molar-refractivity contribution is -0.385. The van der Waals surface area contributed by atoms with Gasteiger partial charge in [-0.25, -0.2) is 9.97 Å². The van der Waals surface area contributed by atoms with Gasteiger partial charge in [0.1, 0.15) is 29.3 Å². The lowest BCUT2D eigenvalue weighted by Gasteiger charge is -2.10. The fraction of sp³-hybridized carbons (Fsp3) is 0.130. The van der Waals surface area contributed by atoms with Crippen LogP contribution in [-0.2, 0) is 0 Å². The number of nitrogens with one attached hydrogen (secondary N) is 1. The van der Waals surface area contributed by atoms with Crippen LogP contribution in [0.5, 0.6) is 11.6 Å². The number of ether oxygens (including phenoxy) is 1. The van der Waals surface area contributed by atoms with Crippen molar-refractivity contribution < 1.29 is 14.5 Å². The maximum absolute atomic E-state index is 12.5. The number of nitrogens with zero attached hydrogens (tertiary/aromatic N) is 5. The Kier molecular flexibility index (Phi) is 5.81. The maximum Gasteiger partial charge on any atom is 0.282 e. The number of anilines is 1. The third-order valence-corrected chi connectivity index (χ3v) is 4.98. The highest BCUT2D eigenvalue weighted by Gasteiger charge is 2.19. The summed E-state index contributed by atoms with van der Waals surface area (Å²) in [4.78, 5) is 36.1. The summed E-state index contributed by atoms with van der Waals surface area (Å²) in [6.07, 6.45) is 1.70. The molecule has 0 fully saturated rings. The van der Waals surface area contributed by atoms with Gasteiger partial charge in [0.05, 0.1) is 10.6 Å². The fourth-order valence-electron chi connectivity index (χ4n) is 3.18. The van der Waals surface area contributed by atoms with E-state index in [9.17, 15) is 14.9 Å². The second-order valence-electron chi connectivity index (χ2n) is 7.25. The Balaban J connectivity index is 1.50. The molecule has 4 aromatic rings. The Bertz CT molecular complexity index is 1350. The minimum absolute atomic E-state index is 0.0168. The SMILES string of the molecule is Cc1nc(Oc2ccc(NC(=O)c3ccccc3[N+](=O)[O-])cc2)cc(-n2cnc(C)c2C)n1. The van der Waals surface area contributed by atoms with Crippen molar-refractivity contribution in [2.24, 2.45) is 0 Å². The van der Waals surface area contributed by atoms with Crippen molar-refractivity contribution in [2.45, 2.75) is 20.8 Å². The second-order valence-corrected chi connectivity index (χ2v) is 7.25. The number of aromatic nitrogens is 4. The lowest BCUT2D eigenvalue weighted by Crippen LogP contribution is -2.13. The largest absolute Gasteiger partial charge is 0.439 e. The van der Waals surface area contributed by atoms with Crippen LogP contribution in [0.25, 0.3) is 5.82 Å². The van der Waals surface area contributed by atoms with Crippen LogP contribution in [0.4, 0.5) is 11.4 Å². The van der Waals surface area contributed by atoms with Crippen molar-refractivity contribution in [3.63, 3.8) is 0 Å². The number of nitro groups is 1. The summed E-state index contributed by atoms with van der Waals surface area (Å²) in [5.41, 5.74) is 2.07. The molecule has 1 N–H and O–H groups in total. The zero-order valence-corrected chi connectivity index (χ0v) is 18.1. The Hall–Kier alpha value is -4.60. The standard InChI is InChI=1S/C23H20N6O4/c1-14-15(2)28(13-24-14)21-12-22(26-16(3)25-21)33-18-10-8-17(9-11-18)27-23(30)19-6-4-5-7-20(19)29(31)32/h4-13H,1-3H3,(H,27,30). The lowest BCUT2D eigenvalue weighted by atomic mass is 10.1. The predicted octanol–water partition coefficient (Wildman–Crippen LogP) is 4.54. The van der Waals surface area contributed by atoms with E-state index in [2.05, 4.69) is 20.3 Å². The average Bonchev–Trinajstić information content (AvgIpc) is 3.13. The van der Waals surface area contributed by atoms with Crippen LogP contribution < -0.4 is 10.1 Å². The summed E-state index contributed by atoms with van der Waals surface area (Å²) in [6, 6.07) is 14.1. The first-order chi connectivity index (χ1) is 15.8. The van der Waals surface area contributed by atoms with E-state index in [0.717, 1.165) is 11.4 Å². The Morgan fingerprint density at radius 3 is 2.45 bits per heavy atom. The van der Waals surface area contributed by atoms with Gasteiger partial charge in [0.15, 0.2) is 0 Å². The summed E-state index contributed by atoms with van der Waals surface area (Å²) in [5.74, 6) is 1.48. The van der Waals surface area contributed by atoms with E-state index in [1.165, 1.54) is 18.2 Å². The van der Waals surface area contributed by atoms with Gasteiger partial charge in [0.25, 0.3) is 11.6 Å². The number of aryl methyl sites for hydroxylation is 2. The molecule has 0 aliphatic carbocycles. The molecule has 0 saturated heterocycles. The molecule has 0 bridgehead atoms. The second kappa shape index (κ2) is 8.87. The van der Waals surface area contributed by atoms with E-state index in [-0.39, 0.29) is 11.3 Å². The van der Waals surface area contributed by atoms with Crippen LogP contribution >= 0.6 is 0 Å². The zero-order valence-electron chi connectivity index (χ0n) is 18.1. The zero-order chi connectivity index (χ0) is 23.5. The van der Waals surface area contributed by atoms with Crippen molar-refractivity contribution in [1.29, 1.82) is 0 Å². The molecule has 10 nitrogen and oxygen atoms in total. The number of hydrogen-bond donors (Lipinski definition) is 1. The highest BCUT2D eigenvalue weighted by Crippen LogP contribution is 2.25. The molecule has 4 rings (SSSR count). The molecular weight excluding hydrogens is 424 g/mol. The number of benzene rings is 2. The van der Waals surface area contributed by atoms with Crippen molar-refractivity contribution in [1.82, 2.24) is 19.5 Å². The number of carbonyl (C=O) groups excluding carboxylic acids is 1. The van der Waals surface area contributed by atoms with Crippen molar-refractivity contribution >= 4 is 17.3 Å². The normalized spacial score (nSPS) is 10.6. The number of carbonyl (C=O) groups is 1. The highest BCUT2D eigenvalue weighted by molar-refractivity contribution is 6.07. The number of imidazole rings is 1. The van der Waals surface area contributed by atoms with Crippen molar-refractivity contribution in [3.05, 3.63) is 93.8 Å². The molecule has 0 aliphatic heterocycles. The first-order valence-corrected chi connectivity index (χ1v) is 10.0. The summed E-state index contributed by atoms with van der Waals surface area (Å²) in [6.45, 7) is 5.65. The summed E-state index contributed by atoms with van der Waals surface area (Å²) < 4.78 is 7.74. The third-order valence-electron chi connectivity index (χ3n) is 4.98. The maximum atomic E-state index is 12.5. The Labute approximate surface area is 189 Å². The van der Waals surface area contributed by atoms with Gasteiger partial charge in [-0.05, 0) is 51.1 Å². The Morgan fingerprint density at radius 1 is 1.06 bits per heavy atom. The molecule has 0 saturated carbocycles. The molecule has 2 aromatic heterocycles. The number of rotatable bonds is 6. The third kappa shape index (κ3) is 4.69. The molecule has 0 aliphatic rings. The topological polar surface area (TPSA) is 125 Å². The van der Waals surface area contributed by atoms with Crippen LogP contribution in [0.1, 0.15) is 27.6 Å². The smallest absolute Gasteiger partial charge is 0.282 e. The van der Waals surface area contributed by atoms with Crippen molar-refractivity contribution in [2.75, 3.05) is 5.32 Å². The molecule has 1 amide bonds. The van der Waals surface area contributed by atoms with Crippen LogP contribution in [0.15, 0.2) is 60.9 Å². The van der Waals surface area contributed by atoms with Gasteiger partial charge in [-0.15, -0.1) is 0 Å². The van der Waals surface area contributed by atoms with Gasteiger partial charge in [-0.1, -0.05) is 12.1 Å². The summed E-state index contributed by atoms with van der Waals surface area (Å²) in [5, 5.41) is 13.8. The molecule has 2 heterocycles. The Morgan fingerprint density at radius 2 is 1.79 bits per heavy atom. The van der Waals surface area contributed by atoms with E-state index in [1.54, 1.807) is 49.6 Å². The van der Waals surface area contributed by atoms with Crippen LogP contribution in [0, 0.1) is 30.9 Å². The first-order valence-electron chi connectivity index (χ1n) is 10.0. The molecule has 0 unspecified atom stereocenters. The minimum atomic E-state index is -0.587. The van der Waals surface area contributed by atoms with Crippen LogP contribution in [0.2, 0.25) is 0 Å². The van der Waals surface area contributed by atoms with E-state index in [0.29, 0.717) is 29.0 Å².